The lowest BCUT2D eigenvalue weighted by Crippen LogP contribution is -2.52. The van der Waals surface area contributed by atoms with E-state index >= 15 is 0 Å². The van der Waals surface area contributed by atoms with Gasteiger partial charge in [0.1, 0.15) is 0 Å². The number of likely N-dealkylation sites (N-methyl/N-ethyl adjacent to an activating group) is 1. The Kier molecular flexibility index (Phi) is 2.39. The number of nitrogens with zero attached hydrogens (tertiary/aromatic N) is 1. The zero-order valence-corrected chi connectivity index (χ0v) is 8.21. The molecule has 74 valence electrons. The van der Waals surface area contributed by atoms with Crippen molar-refractivity contribution in [1.82, 2.24) is 4.90 Å². The van der Waals surface area contributed by atoms with Gasteiger partial charge in [0.2, 0.25) is 0 Å². The highest BCUT2D eigenvalue weighted by atomic mass is 16.5. The van der Waals surface area contributed by atoms with E-state index in [0.717, 1.165) is 45.6 Å². The van der Waals surface area contributed by atoms with Gasteiger partial charge in [0.25, 0.3) is 0 Å². The van der Waals surface area contributed by atoms with E-state index in [1.807, 2.05) is 0 Å². The summed E-state index contributed by atoms with van der Waals surface area (Å²) in [6.45, 7) is 5.58. The summed E-state index contributed by atoms with van der Waals surface area (Å²) in [7, 11) is 0. The van der Waals surface area contributed by atoms with Crippen LogP contribution in [0.3, 0.4) is 0 Å². The molecule has 2 aliphatic rings. The Balaban J connectivity index is 2.19. The molecule has 0 N–H and O–H groups in total. The number of rotatable bonds is 1. The van der Waals surface area contributed by atoms with Crippen LogP contribution in [0.4, 0.5) is 0 Å². The Morgan fingerprint density at radius 2 is 2.15 bits per heavy atom. The first-order valence-corrected chi connectivity index (χ1v) is 5.16. The second kappa shape index (κ2) is 3.39. The third-order valence-corrected chi connectivity index (χ3v) is 3.43. The third kappa shape index (κ3) is 1.30. The molecule has 0 unspecified atom stereocenters. The van der Waals surface area contributed by atoms with Crippen molar-refractivity contribution in [1.29, 1.82) is 0 Å². The van der Waals surface area contributed by atoms with Gasteiger partial charge < -0.3 is 4.74 Å². The quantitative estimate of drug-likeness (QED) is 0.603. The second-order valence-electron chi connectivity index (χ2n) is 3.90. The van der Waals surface area contributed by atoms with Crippen LogP contribution in [0.25, 0.3) is 0 Å². The van der Waals surface area contributed by atoms with Crippen LogP contribution in [0.2, 0.25) is 0 Å². The van der Waals surface area contributed by atoms with E-state index in [-0.39, 0.29) is 5.54 Å². The summed E-state index contributed by atoms with van der Waals surface area (Å²) < 4.78 is 5.32. The molecule has 0 aromatic rings. The van der Waals surface area contributed by atoms with E-state index < -0.39 is 0 Å². The average molecular weight is 183 g/mol. The summed E-state index contributed by atoms with van der Waals surface area (Å²) in [5, 5.41) is 0. The lowest BCUT2D eigenvalue weighted by Gasteiger charge is -2.39. The topological polar surface area (TPSA) is 29.5 Å². The van der Waals surface area contributed by atoms with Crippen LogP contribution in [0, 0.1) is 0 Å². The van der Waals surface area contributed by atoms with Gasteiger partial charge in [-0.25, -0.2) is 0 Å². The predicted octanol–water partition coefficient (Wildman–Crippen LogP) is 0.830. The molecular formula is C10H17NO2. The Morgan fingerprint density at radius 1 is 1.46 bits per heavy atom. The van der Waals surface area contributed by atoms with Crippen LogP contribution >= 0.6 is 0 Å². The molecule has 0 aromatic heterocycles. The number of Topliss-reactive ketones (excluding diaryl/α,β-unsaturated/α-hetero) is 1. The Labute approximate surface area is 79.0 Å². The predicted molar refractivity (Wildman–Crippen MR) is 49.7 cm³/mol. The summed E-state index contributed by atoms with van der Waals surface area (Å²) in [6.07, 6.45) is 2.55. The molecule has 2 rings (SSSR count). The lowest BCUT2D eigenvalue weighted by atomic mass is 9.86. The Morgan fingerprint density at radius 3 is 2.77 bits per heavy atom. The summed E-state index contributed by atoms with van der Waals surface area (Å²) in [4.78, 5) is 14.2. The Bertz CT molecular complexity index is 209. The molecule has 0 aromatic carbocycles. The Hall–Kier alpha value is -0.410. The molecule has 0 saturated carbocycles. The molecule has 0 aliphatic carbocycles. The maximum absolute atomic E-state index is 11.8. The van der Waals surface area contributed by atoms with Crippen molar-refractivity contribution >= 4 is 5.78 Å². The number of ether oxygens (including phenoxy) is 1. The standard InChI is InChI=1S/C10H17NO2/c1-2-11-6-3-9(12)10(11)4-7-13-8-5-10/h2-8H2,1H3. The minimum absolute atomic E-state index is 0.132. The van der Waals surface area contributed by atoms with Gasteiger partial charge in [0.05, 0.1) is 5.54 Å². The number of hydrogen-bond acceptors (Lipinski definition) is 3. The van der Waals surface area contributed by atoms with Gasteiger partial charge in [-0.15, -0.1) is 0 Å². The molecule has 13 heavy (non-hydrogen) atoms. The van der Waals surface area contributed by atoms with Crippen LogP contribution in [-0.2, 0) is 9.53 Å². The molecule has 2 aliphatic heterocycles. The van der Waals surface area contributed by atoms with Gasteiger partial charge in [0.15, 0.2) is 5.78 Å². The minimum atomic E-state index is -0.132. The van der Waals surface area contributed by atoms with Gasteiger partial charge in [-0.05, 0) is 19.4 Å². The number of ketones is 1. The summed E-state index contributed by atoms with van der Waals surface area (Å²) in [5.41, 5.74) is -0.132. The number of likely N-dealkylation sites (tertiary alicyclic amines) is 1. The van der Waals surface area contributed by atoms with Crippen LogP contribution < -0.4 is 0 Å². The van der Waals surface area contributed by atoms with Crippen LogP contribution in [0.5, 0.6) is 0 Å². The maximum Gasteiger partial charge on any atom is 0.154 e. The smallest absolute Gasteiger partial charge is 0.154 e. The molecule has 0 atom stereocenters. The number of carbonyl (C=O) groups is 1. The highest BCUT2D eigenvalue weighted by Crippen LogP contribution is 2.34. The monoisotopic (exact) mass is 183 g/mol. The second-order valence-corrected chi connectivity index (χ2v) is 3.90. The molecule has 1 spiro atoms. The minimum Gasteiger partial charge on any atom is -0.381 e. The zero-order chi connectivity index (χ0) is 9.31. The van der Waals surface area contributed by atoms with Gasteiger partial charge in [0, 0.05) is 26.2 Å². The molecule has 0 radical (unpaired) electrons. The van der Waals surface area contributed by atoms with E-state index in [0.29, 0.717) is 5.78 Å². The summed E-state index contributed by atoms with van der Waals surface area (Å²) >= 11 is 0. The van der Waals surface area contributed by atoms with E-state index in [2.05, 4.69) is 11.8 Å². The van der Waals surface area contributed by atoms with Crippen molar-refractivity contribution in [2.45, 2.75) is 31.7 Å². The van der Waals surface area contributed by atoms with Crippen molar-refractivity contribution in [3.63, 3.8) is 0 Å². The zero-order valence-electron chi connectivity index (χ0n) is 8.21. The fraction of sp³-hybridized carbons (Fsp3) is 0.900. The number of carbonyl (C=O) groups excluding carboxylic acids is 1. The fourth-order valence-corrected chi connectivity index (χ4v) is 2.62. The normalized spacial score (nSPS) is 28.5. The van der Waals surface area contributed by atoms with Gasteiger partial charge in [-0.1, -0.05) is 6.92 Å². The molecule has 2 heterocycles. The van der Waals surface area contributed by atoms with Crippen LogP contribution in [0.15, 0.2) is 0 Å². The van der Waals surface area contributed by atoms with Crippen molar-refractivity contribution in [2.24, 2.45) is 0 Å². The highest BCUT2D eigenvalue weighted by molar-refractivity contribution is 5.90. The molecule has 0 amide bonds. The van der Waals surface area contributed by atoms with E-state index in [1.165, 1.54) is 0 Å². The molecule has 2 fully saturated rings. The van der Waals surface area contributed by atoms with E-state index in [9.17, 15) is 4.79 Å². The van der Waals surface area contributed by atoms with Crippen molar-refractivity contribution in [3.8, 4) is 0 Å². The molecule has 3 nitrogen and oxygen atoms in total. The van der Waals surface area contributed by atoms with Gasteiger partial charge in [-0.3, -0.25) is 9.69 Å². The summed E-state index contributed by atoms with van der Waals surface area (Å²) in [5.74, 6) is 0.442. The van der Waals surface area contributed by atoms with Crippen molar-refractivity contribution < 1.29 is 9.53 Å². The first-order valence-electron chi connectivity index (χ1n) is 5.16. The van der Waals surface area contributed by atoms with Crippen molar-refractivity contribution in [2.75, 3.05) is 26.3 Å². The van der Waals surface area contributed by atoms with E-state index in [4.69, 9.17) is 4.74 Å². The lowest BCUT2D eigenvalue weighted by molar-refractivity contribution is -0.130. The van der Waals surface area contributed by atoms with Gasteiger partial charge >= 0.3 is 0 Å². The number of hydrogen-bond donors (Lipinski definition) is 0. The fourth-order valence-electron chi connectivity index (χ4n) is 2.62. The maximum atomic E-state index is 11.8. The highest BCUT2D eigenvalue weighted by Gasteiger charge is 2.47. The van der Waals surface area contributed by atoms with Crippen LogP contribution in [-0.4, -0.2) is 42.5 Å². The van der Waals surface area contributed by atoms with Gasteiger partial charge in [-0.2, -0.15) is 0 Å². The van der Waals surface area contributed by atoms with E-state index in [1.54, 1.807) is 0 Å². The largest absolute Gasteiger partial charge is 0.381 e. The first-order chi connectivity index (χ1) is 6.29. The average Bonchev–Trinajstić information content (AvgIpc) is 2.46. The molecule has 0 bridgehead atoms. The van der Waals surface area contributed by atoms with Crippen LogP contribution in [0.1, 0.15) is 26.2 Å². The first kappa shape index (κ1) is 9.16. The SMILES string of the molecule is CCN1CCC(=O)C12CCOCC2. The molecule has 2 saturated heterocycles. The molecular weight excluding hydrogens is 166 g/mol. The summed E-state index contributed by atoms with van der Waals surface area (Å²) in [6, 6.07) is 0. The molecule has 3 heteroatoms. The van der Waals surface area contributed by atoms with Crippen molar-refractivity contribution in [3.05, 3.63) is 0 Å². The third-order valence-electron chi connectivity index (χ3n) is 3.43.